The van der Waals surface area contributed by atoms with Crippen molar-refractivity contribution in [2.75, 3.05) is 12.4 Å². The van der Waals surface area contributed by atoms with Crippen molar-refractivity contribution in [1.29, 1.82) is 0 Å². The predicted molar refractivity (Wildman–Crippen MR) is 68.8 cm³/mol. The van der Waals surface area contributed by atoms with Gasteiger partial charge >= 0.3 is 5.51 Å². The number of alkyl halides is 3. The van der Waals surface area contributed by atoms with Crippen LogP contribution in [0.15, 0.2) is 22.7 Å². The molecular formula is C11H12BrF3O2S. The van der Waals surface area contributed by atoms with E-state index in [9.17, 15) is 18.3 Å². The molecule has 0 amide bonds. The summed E-state index contributed by atoms with van der Waals surface area (Å²) in [5, 5.41) is 9.50. The number of ether oxygens (including phenoxy) is 1. The molecular weight excluding hydrogens is 333 g/mol. The molecule has 0 spiro atoms. The lowest BCUT2D eigenvalue weighted by Gasteiger charge is -2.14. The van der Waals surface area contributed by atoms with Gasteiger partial charge in [0.15, 0.2) is 0 Å². The lowest BCUT2D eigenvalue weighted by molar-refractivity contribution is -0.0329. The van der Waals surface area contributed by atoms with Crippen LogP contribution < -0.4 is 4.74 Å². The van der Waals surface area contributed by atoms with Crippen molar-refractivity contribution in [2.24, 2.45) is 0 Å². The molecule has 2 nitrogen and oxygen atoms in total. The van der Waals surface area contributed by atoms with Crippen LogP contribution in [0, 0.1) is 0 Å². The molecule has 1 atom stereocenters. The third kappa shape index (κ3) is 5.49. The Labute approximate surface area is 116 Å². The maximum atomic E-state index is 11.9. The zero-order valence-corrected chi connectivity index (χ0v) is 11.9. The maximum absolute atomic E-state index is 11.9. The Morgan fingerprint density at radius 3 is 2.67 bits per heavy atom. The van der Waals surface area contributed by atoms with Crippen LogP contribution in [0.1, 0.15) is 18.6 Å². The lowest BCUT2D eigenvalue weighted by atomic mass is 10.1. The Kier molecular flexibility index (Phi) is 5.81. The highest BCUT2D eigenvalue weighted by Gasteiger charge is 2.27. The fourth-order valence-electron chi connectivity index (χ4n) is 1.29. The molecule has 18 heavy (non-hydrogen) atoms. The van der Waals surface area contributed by atoms with E-state index >= 15 is 0 Å². The molecule has 1 aromatic rings. The third-order valence-electron chi connectivity index (χ3n) is 2.03. The zero-order chi connectivity index (χ0) is 13.8. The summed E-state index contributed by atoms with van der Waals surface area (Å²) in [7, 11) is 0. The van der Waals surface area contributed by atoms with Crippen LogP contribution in [0.25, 0.3) is 0 Å². The molecule has 0 radical (unpaired) electrons. The van der Waals surface area contributed by atoms with Crippen molar-refractivity contribution in [1.82, 2.24) is 0 Å². The molecule has 0 saturated carbocycles. The predicted octanol–water partition coefficient (Wildman–Crippen LogP) is 4.13. The summed E-state index contributed by atoms with van der Waals surface area (Å²) in [6.07, 6.45) is -0.733. The molecule has 0 bridgehead atoms. The molecule has 1 rings (SSSR count). The third-order valence-corrected chi connectivity index (χ3v) is 3.22. The highest BCUT2D eigenvalue weighted by molar-refractivity contribution is 9.10. The van der Waals surface area contributed by atoms with E-state index in [2.05, 4.69) is 15.9 Å². The highest BCUT2D eigenvalue weighted by Crippen LogP contribution is 2.31. The van der Waals surface area contributed by atoms with Gasteiger partial charge in [0, 0.05) is 15.8 Å². The fraction of sp³-hybridized carbons (Fsp3) is 0.455. The van der Waals surface area contributed by atoms with Gasteiger partial charge in [0.05, 0.1) is 12.7 Å². The van der Waals surface area contributed by atoms with Crippen LogP contribution in [-0.2, 0) is 0 Å². The summed E-state index contributed by atoms with van der Waals surface area (Å²) < 4.78 is 41.7. The van der Waals surface area contributed by atoms with Gasteiger partial charge in [-0.05, 0) is 30.8 Å². The SMILES string of the molecule is CC(O)c1ccc(Br)cc1OCCSC(F)(F)F. The van der Waals surface area contributed by atoms with Gasteiger partial charge < -0.3 is 9.84 Å². The average Bonchev–Trinajstić information content (AvgIpc) is 2.22. The Morgan fingerprint density at radius 1 is 1.44 bits per heavy atom. The number of aliphatic hydroxyl groups is 1. The van der Waals surface area contributed by atoms with E-state index in [0.717, 1.165) is 4.47 Å². The standard InChI is InChI=1S/C11H12BrF3O2S/c1-7(16)9-3-2-8(12)6-10(9)17-4-5-18-11(13,14)15/h2-3,6-7,16H,4-5H2,1H3. The monoisotopic (exact) mass is 344 g/mol. The van der Waals surface area contributed by atoms with Gasteiger partial charge in [0.2, 0.25) is 0 Å². The largest absolute Gasteiger partial charge is 0.492 e. The van der Waals surface area contributed by atoms with Crippen LogP contribution in [-0.4, -0.2) is 23.0 Å². The number of halogens is 4. The quantitative estimate of drug-likeness (QED) is 0.814. The summed E-state index contributed by atoms with van der Waals surface area (Å²) >= 11 is 3.11. The van der Waals surface area contributed by atoms with Crippen LogP contribution in [0.2, 0.25) is 0 Å². The Balaban J connectivity index is 2.58. The van der Waals surface area contributed by atoms with Gasteiger partial charge in [-0.25, -0.2) is 0 Å². The zero-order valence-electron chi connectivity index (χ0n) is 9.50. The van der Waals surface area contributed by atoms with Crippen LogP contribution in [0.4, 0.5) is 13.2 Å². The average molecular weight is 345 g/mol. The van der Waals surface area contributed by atoms with Crippen molar-refractivity contribution >= 4 is 27.7 Å². The first-order chi connectivity index (χ1) is 8.29. The number of benzene rings is 1. The second kappa shape index (κ2) is 6.68. The van der Waals surface area contributed by atoms with E-state index in [1.807, 2.05) is 0 Å². The molecule has 1 N–H and O–H groups in total. The molecule has 7 heteroatoms. The minimum atomic E-state index is -4.24. The van der Waals surface area contributed by atoms with Crippen molar-refractivity contribution < 1.29 is 23.0 Å². The fourth-order valence-corrected chi connectivity index (χ4v) is 2.03. The van der Waals surface area contributed by atoms with E-state index in [0.29, 0.717) is 11.3 Å². The molecule has 0 fully saturated rings. The number of rotatable bonds is 5. The smallest absolute Gasteiger partial charge is 0.441 e. The van der Waals surface area contributed by atoms with Crippen molar-refractivity contribution in [3.8, 4) is 5.75 Å². The van der Waals surface area contributed by atoms with Gasteiger partial charge in [-0.3, -0.25) is 0 Å². The Bertz CT molecular complexity index is 396. The molecule has 0 aromatic heterocycles. The number of thioether (sulfide) groups is 1. The van der Waals surface area contributed by atoms with Crippen LogP contribution in [0.3, 0.4) is 0 Å². The van der Waals surface area contributed by atoms with E-state index in [1.165, 1.54) is 0 Å². The maximum Gasteiger partial charge on any atom is 0.441 e. The van der Waals surface area contributed by atoms with Crippen molar-refractivity contribution in [3.63, 3.8) is 0 Å². The van der Waals surface area contributed by atoms with Crippen LogP contribution in [0.5, 0.6) is 5.75 Å². The normalized spacial score (nSPS) is 13.4. The summed E-state index contributed by atoms with van der Waals surface area (Å²) in [5.41, 5.74) is -3.69. The number of aliphatic hydroxyl groups excluding tert-OH is 1. The molecule has 0 aliphatic heterocycles. The van der Waals surface area contributed by atoms with Gasteiger partial charge in [-0.2, -0.15) is 13.2 Å². The molecule has 0 heterocycles. The van der Waals surface area contributed by atoms with Crippen molar-refractivity contribution in [2.45, 2.75) is 18.5 Å². The van der Waals surface area contributed by atoms with E-state index in [1.54, 1.807) is 25.1 Å². The number of hydrogen-bond acceptors (Lipinski definition) is 3. The molecule has 1 unspecified atom stereocenters. The van der Waals surface area contributed by atoms with Crippen LogP contribution >= 0.6 is 27.7 Å². The first-order valence-corrected chi connectivity index (χ1v) is 6.88. The summed E-state index contributed by atoms with van der Waals surface area (Å²) in [6.45, 7) is 1.50. The highest BCUT2D eigenvalue weighted by atomic mass is 79.9. The molecule has 0 aliphatic carbocycles. The molecule has 102 valence electrons. The molecule has 0 saturated heterocycles. The topological polar surface area (TPSA) is 29.5 Å². The van der Waals surface area contributed by atoms with E-state index < -0.39 is 11.6 Å². The minimum Gasteiger partial charge on any atom is -0.492 e. The Hall–Kier alpha value is -0.400. The van der Waals surface area contributed by atoms with Gasteiger partial charge in [0.25, 0.3) is 0 Å². The second-order valence-electron chi connectivity index (χ2n) is 3.50. The Morgan fingerprint density at radius 2 is 2.11 bits per heavy atom. The minimum absolute atomic E-state index is 0.0691. The van der Waals surface area contributed by atoms with Gasteiger partial charge in [0.1, 0.15) is 5.75 Å². The first-order valence-electron chi connectivity index (χ1n) is 5.10. The summed E-state index contributed by atoms with van der Waals surface area (Å²) in [5.74, 6) is 0.206. The van der Waals surface area contributed by atoms with Crippen molar-refractivity contribution in [3.05, 3.63) is 28.2 Å². The lowest BCUT2D eigenvalue weighted by Crippen LogP contribution is -2.08. The van der Waals surface area contributed by atoms with Gasteiger partial charge in [-0.1, -0.05) is 22.0 Å². The van der Waals surface area contributed by atoms with E-state index in [-0.39, 0.29) is 24.1 Å². The second-order valence-corrected chi connectivity index (χ2v) is 5.58. The van der Waals surface area contributed by atoms with Gasteiger partial charge in [-0.15, -0.1) is 0 Å². The number of hydrogen-bond donors (Lipinski definition) is 1. The molecule has 0 aliphatic rings. The van der Waals surface area contributed by atoms with E-state index in [4.69, 9.17) is 4.74 Å². The first kappa shape index (κ1) is 15.7. The molecule has 1 aromatic carbocycles. The summed E-state index contributed by atoms with van der Waals surface area (Å²) in [6, 6.07) is 5.03. The summed E-state index contributed by atoms with van der Waals surface area (Å²) in [4.78, 5) is 0.